The third kappa shape index (κ3) is 5.35. The molecule has 0 aliphatic carbocycles. The number of hydrogen-bond donors (Lipinski definition) is 1. The summed E-state index contributed by atoms with van der Waals surface area (Å²) in [6.07, 6.45) is 2.35. The lowest BCUT2D eigenvalue weighted by Gasteiger charge is -2.14. The summed E-state index contributed by atoms with van der Waals surface area (Å²) >= 11 is 4.34. The standard InChI is InChI=1S/C14H22O2S/c1-3-5-12(11-17)10-16-14-8-6-13(7-9-14)15-4-2/h6-9,12,17H,3-5,10-11H2,1-2H3. The third-order valence-corrected chi connectivity index (χ3v) is 3.09. The quantitative estimate of drug-likeness (QED) is 0.711. The first-order valence-corrected chi connectivity index (χ1v) is 6.89. The van der Waals surface area contributed by atoms with Crippen LogP contribution in [0.4, 0.5) is 0 Å². The summed E-state index contributed by atoms with van der Waals surface area (Å²) in [4.78, 5) is 0. The average Bonchev–Trinajstić information content (AvgIpc) is 2.36. The summed E-state index contributed by atoms with van der Waals surface area (Å²) < 4.78 is 11.1. The zero-order valence-electron chi connectivity index (χ0n) is 10.7. The lowest BCUT2D eigenvalue weighted by molar-refractivity contribution is 0.254. The Balaban J connectivity index is 2.40. The number of thiol groups is 1. The molecule has 0 radical (unpaired) electrons. The lowest BCUT2D eigenvalue weighted by atomic mass is 10.1. The molecule has 0 N–H and O–H groups in total. The van der Waals surface area contributed by atoms with Crippen LogP contribution in [-0.2, 0) is 0 Å². The summed E-state index contributed by atoms with van der Waals surface area (Å²) in [6.45, 7) is 5.60. The zero-order chi connectivity index (χ0) is 12.5. The minimum atomic E-state index is 0.537. The SMILES string of the molecule is CCCC(CS)COc1ccc(OCC)cc1. The molecule has 0 amide bonds. The van der Waals surface area contributed by atoms with Gasteiger partial charge in [0, 0.05) is 5.92 Å². The van der Waals surface area contributed by atoms with Crippen LogP contribution in [0.1, 0.15) is 26.7 Å². The molecule has 96 valence electrons. The van der Waals surface area contributed by atoms with Crippen molar-refractivity contribution in [3.05, 3.63) is 24.3 Å². The van der Waals surface area contributed by atoms with Crippen molar-refractivity contribution in [3.8, 4) is 11.5 Å². The highest BCUT2D eigenvalue weighted by molar-refractivity contribution is 7.80. The summed E-state index contributed by atoms with van der Waals surface area (Å²) in [7, 11) is 0. The molecule has 0 saturated heterocycles. The maximum atomic E-state index is 5.74. The molecule has 1 atom stereocenters. The molecular formula is C14H22O2S. The van der Waals surface area contributed by atoms with Crippen molar-refractivity contribution in [1.82, 2.24) is 0 Å². The minimum absolute atomic E-state index is 0.537. The van der Waals surface area contributed by atoms with Crippen LogP contribution in [0.2, 0.25) is 0 Å². The topological polar surface area (TPSA) is 18.5 Å². The van der Waals surface area contributed by atoms with Crippen LogP contribution in [0.3, 0.4) is 0 Å². The van der Waals surface area contributed by atoms with E-state index >= 15 is 0 Å². The van der Waals surface area contributed by atoms with Crippen molar-refractivity contribution in [2.24, 2.45) is 5.92 Å². The Hall–Kier alpha value is -0.830. The van der Waals surface area contributed by atoms with Crippen molar-refractivity contribution < 1.29 is 9.47 Å². The average molecular weight is 254 g/mol. The van der Waals surface area contributed by atoms with E-state index in [0.717, 1.165) is 23.9 Å². The van der Waals surface area contributed by atoms with Crippen molar-refractivity contribution in [1.29, 1.82) is 0 Å². The molecule has 1 aromatic rings. The molecule has 0 aliphatic rings. The van der Waals surface area contributed by atoms with E-state index in [2.05, 4.69) is 19.6 Å². The van der Waals surface area contributed by atoms with Gasteiger partial charge in [-0.15, -0.1) is 0 Å². The van der Waals surface area contributed by atoms with Crippen LogP contribution < -0.4 is 9.47 Å². The van der Waals surface area contributed by atoms with Crippen LogP contribution >= 0.6 is 12.6 Å². The molecule has 0 heterocycles. The summed E-state index contributed by atoms with van der Waals surface area (Å²) in [5.74, 6) is 3.20. The van der Waals surface area contributed by atoms with E-state index in [-0.39, 0.29) is 0 Å². The second-order valence-electron chi connectivity index (χ2n) is 4.05. The molecule has 0 aliphatic heterocycles. The van der Waals surface area contributed by atoms with Gasteiger partial charge in [-0.3, -0.25) is 0 Å². The molecule has 1 aromatic carbocycles. The van der Waals surface area contributed by atoms with Gasteiger partial charge in [-0.05, 0) is 43.4 Å². The van der Waals surface area contributed by atoms with Gasteiger partial charge in [0.2, 0.25) is 0 Å². The Morgan fingerprint density at radius 3 is 2.12 bits per heavy atom. The van der Waals surface area contributed by atoms with Crippen LogP contribution in [0, 0.1) is 5.92 Å². The zero-order valence-corrected chi connectivity index (χ0v) is 11.6. The molecule has 1 unspecified atom stereocenters. The first-order chi connectivity index (χ1) is 8.30. The van der Waals surface area contributed by atoms with E-state index in [4.69, 9.17) is 9.47 Å². The van der Waals surface area contributed by atoms with Gasteiger partial charge in [0.15, 0.2) is 0 Å². The van der Waals surface area contributed by atoms with Crippen LogP contribution in [-0.4, -0.2) is 19.0 Å². The van der Waals surface area contributed by atoms with Gasteiger partial charge >= 0.3 is 0 Å². The van der Waals surface area contributed by atoms with Crippen LogP contribution in [0.15, 0.2) is 24.3 Å². The molecule has 2 nitrogen and oxygen atoms in total. The molecular weight excluding hydrogens is 232 g/mol. The maximum absolute atomic E-state index is 5.74. The first-order valence-electron chi connectivity index (χ1n) is 6.26. The van der Waals surface area contributed by atoms with Crippen LogP contribution in [0.5, 0.6) is 11.5 Å². The van der Waals surface area contributed by atoms with Gasteiger partial charge in [-0.2, -0.15) is 12.6 Å². The summed E-state index contributed by atoms with van der Waals surface area (Å²) in [6, 6.07) is 7.78. The van der Waals surface area contributed by atoms with Gasteiger partial charge in [0.05, 0.1) is 13.2 Å². The van der Waals surface area contributed by atoms with Gasteiger partial charge < -0.3 is 9.47 Å². The summed E-state index contributed by atoms with van der Waals surface area (Å²) in [5, 5.41) is 0. The van der Waals surface area contributed by atoms with Crippen molar-refractivity contribution in [2.75, 3.05) is 19.0 Å². The lowest BCUT2D eigenvalue weighted by Crippen LogP contribution is -2.13. The maximum Gasteiger partial charge on any atom is 0.119 e. The van der Waals surface area contributed by atoms with Crippen LogP contribution in [0.25, 0.3) is 0 Å². The molecule has 17 heavy (non-hydrogen) atoms. The Kier molecular flexibility index (Phi) is 6.94. The molecule has 0 saturated carbocycles. The predicted molar refractivity (Wildman–Crippen MR) is 75.4 cm³/mol. The van der Waals surface area contributed by atoms with Gasteiger partial charge in [-0.25, -0.2) is 0 Å². The molecule has 0 bridgehead atoms. The minimum Gasteiger partial charge on any atom is -0.494 e. The van der Waals surface area contributed by atoms with Crippen molar-refractivity contribution in [2.45, 2.75) is 26.7 Å². The summed E-state index contributed by atoms with van der Waals surface area (Å²) in [5.41, 5.74) is 0. The number of rotatable bonds is 8. The van der Waals surface area contributed by atoms with Crippen molar-refractivity contribution >= 4 is 12.6 Å². The highest BCUT2D eigenvalue weighted by Gasteiger charge is 2.06. The van der Waals surface area contributed by atoms with E-state index in [9.17, 15) is 0 Å². The predicted octanol–water partition coefficient (Wildman–Crippen LogP) is 3.81. The second-order valence-corrected chi connectivity index (χ2v) is 4.42. The number of hydrogen-bond acceptors (Lipinski definition) is 3. The molecule has 0 aromatic heterocycles. The van der Waals surface area contributed by atoms with E-state index in [1.165, 1.54) is 12.8 Å². The van der Waals surface area contributed by atoms with Gasteiger partial charge in [0.25, 0.3) is 0 Å². The smallest absolute Gasteiger partial charge is 0.119 e. The molecule has 0 fully saturated rings. The fourth-order valence-corrected chi connectivity index (χ4v) is 1.94. The Bertz CT molecular complexity index is 298. The highest BCUT2D eigenvalue weighted by Crippen LogP contribution is 2.19. The van der Waals surface area contributed by atoms with E-state index in [0.29, 0.717) is 12.5 Å². The number of ether oxygens (including phenoxy) is 2. The largest absolute Gasteiger partial charge is 0.494 e. The van der Waals surface area contributed by atoms with E-state index in [1.54, 1.807) is 0 Å². The normalized spacial score (nSPS) is 12.2. The van der Waals surface area contributed by atoms with Crippen molar-refractivity contribution in [3.63, 3.8) is 0 Å². The van der Waals surface area contributed by atoms with E-state index in [1.807, 2.05) is 31.2 Å². The third-order valence-electron chi connectivity index (χ3n) is 2.58. The Labute approximate surface area is 110 Å². The first kappa shape index (κ1) is 14.2. The number of benzene rings is 1. The second kappa shape index (κ2) is 8.29. The Morgan fingerprint density at radius 2 is 1.65 bits per heavy atom. The van der Waals surface area contributed by atoms with Gasteiger partial charge in [0.1, 0.15) is 11.5 Å². The fraction of sp³-hybridized carbons (Fsp3) is 0.571. The van der Waals surface area contributed by atoms with Gasteiger partial charge in [-0.1, -0.05) is 13.3 Å². The molecule has 3 heteroatoms. The van der Waals surface area contributed by atoms with E-state index < -0.39 is 0 Å². The Morgan fingerprint density at radius 1 is 1.06 bits per heavy atom. The monoisotopic (exact) mass is 254 g/mol. The molecule has 1 rings (SSSR count). The molecule has 0 spiro atoms. The fourth-order valence-electron chi connectivity index (χ4n) is 1.65. The highest BCUT2D eigenvalue weighted by atomic mass is 32.1.